The number of nitrogens with zero attached hydrogens (tertiary/aromatic N) is 1. The molecular weight excluding hydrogens is 344 g/mol. The van der Waals surface area contributed by atoms with Crippen molar-refractivity contribution in [2.75, 3.05) is 19.8 Å². The van der Waals surface area contributed by atoms with Gasteiger partial charge in [0.2, 0.25) is 5.75 Å². The number of fused-ring (bicyclic) bond motifs is 2. The van der Waals surface area contributed by atoms with Gasteiger partial charge < -0.3 is 14.2 Å². The van der Waals surface area contributed by atoms with Crippen molar-refractivity contribution in [3.63, 3.8) is 0 Å². The molecule has 27 heavy (non-hydrogen) atoms. The number of hydrazone groups is 1. The summed E-state index contributed by atoms with van der Waals surface area (Å²) in [6.45, 7) is 7.08. The van der Waals surface area contributed by atoms with E-state index in [1.54, 1.807) is 12.1 Å². The average Bonchev–Trinajstić information content (AvgIpc) is 3.27. The van der Waals surface area contributed by atoms with Crippen molar-refractivity contribution in [3.8, 4) is 17.2 Å². The number of hydrogen-bond acceptors (Lipinski definition) is 5. The molecule has 0 saturated heterocycles. The fourth-order valence-electron chi connectivity index (χ4n) is 3.77. The van der Waals surface area contributed by atoms with Crippen molar-refractivity contribution in [2.45, 2.75) is 33.6 Å². The molecule has 1 N–H and O–H groups in total. The number of ether oxygens (including phenoxy) is 3. The summed E-state index contributed by atoms with van der Waals surface area (Å²) in [5, 5.41) is 4.19. The van der Waals surface area contributed by atoms with Crippen LogP contribution in [-0.4, -0.2) is 31.9 Å². The highest BCUT2D eigenvalue weighted by Gasteiger charge is 2.34. The van der Waals surface area contributed by atoms with Crippen LogP contribution in [-0.2, 0) is 0 Å². The number of hydrogen-bond donors (Lipinski definition) is 1. The van der Waals surface area contributed by atoms with Gasteiger partial charge in [-0.25, -0.2) is 5.43 Å². The van der Waals surface area contributed by atoms with E-state index >= 15 is 0 Å². The quantitative estimate of drug-likeness (QED) is 0.407. The normalized spacial score (nSPS) is 23.0. The minimum atomic E-state index is -0.296. The molecule has 2 aliphatic rings. The second kappa shape index (κ2) is 8.93. The van der Waals surface area contributed by atoms with Gasteiger partial charge in [0, 0.05) is 17.7 Å². The number of benzene rings is 1. The van der Waals surface area contributed by atoms with Crippen LogP contribution < -0.4 is 19.6 Å². The molecule has 2 bridgehead atoms. The number of carbonyl (C=O) groups excluding carboxylic acids is 1. The third kappa shape index (κ3) is 4.43. The van der Waals surface area contributed by atoms with Gasteiger partial charge in [0.15, 0.2) is 11.5 Å². The lowest BCUT2D eigenvalue weighted by Gasteiger charge is -2.16. The largest absolute Gasteiger partial charge is 0.490 e. The zero-order chi connectivity index (χ0) is 19.2. The molecule has 1 saturated carbocycles. The molecule has 1 aromatic rings. The Bertz CT molecular complexity index is 702. The predicted molar refractivity (Wildman–Crippen MR) is 105 cm³/mol. The van der Waals surface area contributed by atoms with Crippen LogP contribution in [0.5, 0.6) is 17.2 Å². The summed E-state index contributed by atoms with van der Waals surface area (Å²) < 4.78 is 17.0. The summed E-state index contributed by atoms with van der Waals surface area (Å²) in [4.78, 5) is 12.6. The molecule has 2 aliphatic carbocycles. The Kier molecular flexibility index (Phi) is 6.37. The van der Waals surface area contributed by atoms with Crippen molar-refractivity contribution >= 4 is 12.1 Å². The molecule has 1 amide bonds. The average molecular weight is 372 g/mol. The summed E-state index contributed by atoms with van der Waals surface area (Å²) in [7, 11) is 0. The van der Waals surface area contributed by atoms with E-state index in [9.17, 15) is 4.79 Å². The van der Waals surface area contributed by atoms with Crippen LogP contribution in [0.15, 0.2) is 29.4 Å². The molecule has 1 aromatic carbocycles. The molecule has 0 spiro atoms. The fourth-order valence-corrected chi connectivity index (χ4v) is 3.77. The molecule has 3 rings (SSSR count). The van der Waals surface area contributed by atoms with Gasteiger partial charge in [0.1, 0.15) is 0 Å². The molecular formula is C21H28N2O4. The lowest BCUT2D eigenvalue weighted by molar-refractivity contribution is 0.0953. The summed E-state index contributed by atoms with van der Waals surface area (Å²) in [6.07, 6.45) is 8.75. The van der Waals surface area contributed by atoms with Crippen LogP contribution in [0.3, 0.4) is 0 Å². The first-order valence-corrected chi connectivity index (χ1v) is 9.74. The molecule has 0 radical (unpaired) electrons. The van der Waals surface area contributed by atoms with Crippen LogP contribution >= 0.6 is 0 Å². The van der Waals surface area contributed by atoms with Gasteiger partial charge >= 0.3 is 0 Å². The van der Waals surface area contributed by atoms with Crippen molar-refractivity contribution in [1.82, 2.24) is 5.43 Å². The fraction of sp³-hybridized carbons (Fsp3) is 0.524. The third-order valence-electron chi connectivity index (χ3n) is 4.93. The van der Waals surface area contributed by atoms with Gasteiger partial charge in [0.05, 0.1) is 19.8 Å². The van der Waals surface area contributed by atoms with E-state index in [1.165, 1.54) is 6.42 Å². The van der Waals surface area contributed by atoms with Crippen LogP contribution in [0.4, 0.5) is 0 Å². The van der Waals surface area contributed by atoms with Gasteiger partial charge in [-0.15, -0.1) is 0 Å². The Hall–Kier alpha value is -2.50. The van der Waals surface area contributed by atoms with E-state index in [0.717, 1.165) is 6.42 Å². The molecule has 1 fully saturated rings. The molecule has 0 unspecified atom stereocenters. The summed E-state index contributed by atoms with van der Waals surface area (Å²) in [6, 6.07) is 3.34. The molecule has 146 valence electrons. The predicted octanol–water partition coefficient (Wildman–Crippen LogP) is 3.81. The van der Waals surface area contributed by atoms with Crippen molar-refractivity contribution in [3.05, 3.63) is 29.8 Å². The maximum absolute atomic E-state index is 12.6. The van der Waals surface area contributed by atoms with Crippen molar-refractivity contribution in [2.24, 2.45) is 22.9 Å². The topological polar surface area (TPSA) is 69.2 Å². The summed E-state index contributed by atoms with van der Waals surface area (Å²) in [5.41, 5.74) is 3.06. The highest BCUT2D eigenvalue weighted by atomic mass is 16.5. The zero-order valence-corrected chi connectivity index (χ0v) is 16.2. The SMILES string of the molecule is CCOc1cc(C(=O)N/N=C\[C@H]2C[C@H]3C=C[C@H]2C3)cc(OCC)c1OCC. The zero-order valence-electron chi connectivity index (χ0n) is 16.2. The Morgan fingerprint density at radius 2 is 1.74 bits per heavy atom. The molecule has 0 heterocycles. The molecule has 3 atom stereocenters. The van der Waals surface area contributed by atoms with Gasteiger partial charge in [-0.3, -0.25) is 4.79 Å². The Labute approximate surface area is 160 Å². The number of rotatable bonds is 9. The lowest BCUT2D eigenvalue weighted by atomic mass is 9.95. The monoisotopic (exact) mass is 372 g/mol. The number of allylic oxidation sites excluding steroid dienone is 2. The molecule has 6 heteroatoms. The highest BCUT2D eigenvalue weighted by molar-refractivity contribution is 5.95. The first kappa shape index (κ1) is 19.3. The first-order valence-electron chi connectivity index (χ1n) is 9.74. The van der Waals surface area contributed by atoms with Gasteiger partial charge in [0.25, 0.3) is 5.91 Å². The van der Waals surface area contributed by atoms with Crippen LogP contribution in [0.25, 0.3) is 0 Å². The maximum atomic E-state index is 12.6. The summed E-state index contributed by atoms with van der Waals surface area (Å²) >= 11 is 0. The number of carbonyl (C=O) groups is 1. The first-order chi connectivity index (χ1) is 13.2. The second-order valence-electron chi connectivity index (χ2n) is 6.76. The van der Waals surface area contributed by atoms with Crippen LogP contribution in [0, 0.1) is 17.8 Å². The lowest BCUT2D eigenvalue weighted by Crippen LogP contribution is -2.20. The second-order valence-corrected chi connectivity index (χ2v) is 6.76. The standard InChI is InChI=1S/C21H28N2O4/c1-4-25-18-11-16(12-19(26-5-2)20(18)27-6-3)21(24)23-22-13-17-10-14-7-8-15(17)9-14/h7-8,11-15,17H,4-6,9-10H2,1-3H3,(H,23,24)/b22-13-/t14-,15-,17+/m0/s1. The van der Waals surface area contributed by atoms with Crippen molar-refractivity contribution < 1.29 is 19.0 Å². The highest BCUT2D eigenvalue weighted by Crippen LogP contribution is 2.42. The smallest absolute Gasteiger partial charge is 0.271 e. The molecule has 0 aromatic heterocycles. The van der Waals surface area contributed by atoms with E-state index in [2.05, 4.69) is 22.7 Å². The number of nitrogens with one attached hydrogen (secondary N) is 1. The van der Waals surface area contributed by atoms with E-state index in [4.69, 9.17) is 14.2 Å². The summed E-state index contributed by atoms with van der Waals surface area (Å²) in [5.74, 6) is 2.88. The number of amides is 1. The Morgan fingerprint density at radius 3 is 2.26 bits per heavy atom. The van der Waals surface area contributed by atoms with E-state index in [1.807, 2.05) is 27.0 Å². The van der Waals surface area contributed by atoms with Crippen LogP contribution in [0.2, 0.25) is 0 Å². The van der Waals surface area contributed by atoms with Crippen LogP contribution in [0.1, 0.15) is 44.0 Å². The van der Waals surface area contributed by atoms with Gasteiger partial charge in [-0.05, 0) is 57.6 Å². The minimum Gasteiger partial charge on any atom is -0.490 e. The van der Waals surface area contributed by atoms with E-state index < -0.39 is 0 Å². The maximum Gasteiger partial charge on any atom is 0.271 e. The molecule has 6 nitrogen and oxygen atoms in total. The van der Waals surface area contributed by atoms with Gasteiger partial charge in [-0.2, -0.15) is 5.10 Å². The minimum absolute atomic E-state index is 0.296. The van der Waals surface area contributed by atoms with E-state index in [-0.39, 0.29) is 5.91 Å². The third-order valence-corrected chi connectivity index (χ3v) is 4.93. The van der Waals surface area contributed by atoms with Gasteiger partial charge in [-0.1, -0.05) is 12.2 Å². The van der Waals surface area contributed by atoms with Crippen molar-refractivity contribution in [1.29, 1.82) is 0 Å². The Balaban J connectivity index is 1.73. The molecule has 0 aliphatic heterocycles. The van der Waals surface area contributed by atoms with E-state index in [0.29, 0.717) is 60.4 Å². The Morgan fingerprint density at radius 1 is 1.07 bits per heavy atom.